The van der Waals surface area contributed by atoms with Crippen LogP contribution in [0.1, 0.15) is 49.0 Å². The lowest BCUT2D eigenvalue weighted by molar-refractivity contribution is -0.171. The molecule has 4 fully saturated rings. The van der Waals surface area contributed by atoms with Crippen LogP contribution in [0.2, 0.25) is 0 Å². The molecule has 4 atom stereocenters. The van der Waals surface area contributed by atoms with Gasteiger partial charge in [0.05, 0.1) is 18.7 Å². The van der Waals surface area contributed by atoms with Crippen LogP contribution < -0.4 is 5.32 Å². The normalized spacial score (nSPS) is 37.4. The van der Waals surface area contributed by atoms with Crippen molar-refractivity contribution in [3.8, 4) is 0 Å². The first-order valence-corrected chi connectivity index (χ1v) is 8.21. The first-order chi connectivity index (χ1) is 11.0. The number of rotatable bonds is 3. The number of methoxy groups -OCH3 is 1. The largest absolute Gasteiger partial charge is 0.469 e. The van der Waals surface area contributed by atoms with Crippen LogP contribution in [0.5, 0.6) is 0 Å². The molecular weight excluding hydrogens is 294 g/mol. The predicted octanol–water partition coefficient (Wildman–Crippen LogP) is 1.72. The van der Waals surface area contributed by atoms with Gasteiger partial charge in [-0.05, 0) is 50.4 Å². The number of esters is 1. The van der Waals surface area contributed by atoms with Gasteiger partial charge in [0.25, 0.3) is 5.91 Å². The van der Waals surface area contributed by atoms with Crippen LogP contribution in [0.3, 0.4) is 0 Å². The molecule has 1 aromatic rings. The summed E-state index contributed by atoms with van der Waals surface area (Å²) in [7, 11) is 1.46. The van der Waals surface area contributed by atoms with Gasteiger partial charge >= 0.3 is 5.97 Å². The number of hydrogen-bond donors (Lipinski definition) is 1. The van der Waals surface area contributed by atoms with Crippen molar-refractivity contribution in [1.29, 1.82) is 0 Å². The molecule has 4 aliphatic rings. The number of carbonyl (C=O) groups is 2. The van der Waals surface area contributed by atoms with Gasteiger partial charge in [-0.15, -0.1) is 0 Å². The second-order valence-electron chi connectivity index (χ2n) is 7.56. The van der Waals surface area contributed by atoms with Crippen molar-refractivity contribution in [2.45, 2.75) is 44.1 Å². The van der Waals surface area contributed by atoms with Gasteiger partial charge in [-0.25, -0.2) is 4.98 Å². The van der Waals surface area contributed by atoms with Gasteiger partial charge in [0.15, 0.2) is 0 Å². The zero-order valence-electron chi connectivity index (χ0n) is 13.2. The molecule has 4 aliphatic carbocycles. The number of amides is 1. The van der Waals surface area contributed by atoms with Crippen LogP contribution in [0, 0.1) is 17.3 Å². The highest BCUT2D eigenvalue weighted by Gasteiger charge is 2.61. The van der Waals surface area contributed by atoms with Gasteiger partial charge in [-0.3, -0.25) is 14.6 Å². The third-order valence-corrected chi connectivity index (χ3v) is 5.85. The summed E-state index contributed by atoms with van der Waals surface area (Å²) < 4.78 is 5.10. The van der Waals surface area contributed by atoms with Crippen molar-refractivity contribution in [1.82, 2.24) is 15.3 Å². The standard InChI is InChI=1S/C17H21N3O3/c1-23-15(22)16-5-11-4-12(6-16)8-17(7-11,10-16)20-14(21)13-9-18-2-3-19-13/h2-3,9,11-12H,4-8,10H2,1H3,(H,20,21)/t11-,12+,16?,17?. The Bertz CT molecular complexity index is 632. The minimum absolute atomic E-state index is 0.107. The second-order valence-corrected chi connectivity index (χ2v) is 7.56. The number of aromatic nitrogens is 2. The molecule has 1 aromatic heterocycles. The van der Waals surface area contributed by atoms with E-state index in [1.165, 1.54) is 25.9 Å². The Morgan fingerprint density at radius 3 is 2.57 bits per heavy atom. The molecule has 1 amide bonds. The monoisotopic (exact) mass is 315 g/mol. The zero-order valence-corrected chi connectivity index (χ0v) is 13.2. The number of carbonyl (C=O) groups excluding carboxylic acids is 2. The average Bonchev–Trinajstić information content (AvgIpc) is 2.53. The van der Waals surface area contributed by atoms with E-state index >= 15 is 0 Å². The number of nitrogens with one attached hydrogen (secondary N) is 1. The van der Waals surface area contributed by atoms with E-state index in [0.717, 1.165) is 25.7 Å². The Hall–Kier alpha value is -1.98. The molecule has 0 aromatic carbocycles. The van der Waals surface area contributed by atoms with E-state index in [9.17, 15) is 9.59 Å². The molecule has 2 unspecified atom stereocenters. The maximum atomic E-state index is 12.5. The quantitative estimate of drug-likeness (QED) is 0.859. The summed E-state index contributed by atoms with van der Waals surface area (Å²) in [5.41, 5.74) is -0.378. The summed E-state index contributed by atoms with van der Waals surface area (Å²) >= 11 is 0. The van der Waals surface area contributed by atoms with Gasteiger partial charge in [-0.2, -0.15) is 0 Å². The lowest BCUT2D eigenvalue weighted by Gasteiger charge is -2.60. The topological polar surface area (TPSA) is 81.2 Å². The van der Waals surface area contributed by atoms with Crippen LogP contribution in [-0.2, 0) is 9.53 Å². The van der Waals surface area contributed by atoms with E-state index < -0.39 is 5.41 Å². The molecule has 0 radical (unpaired) electrons. The molecule has 5 rings (SSSR count). The maximum Gasteiger partial charge on any atom is 0.311 e. The Balaban J connectivity index is 1.61. The van der Waals surface area contributed by atoms with Crippen molar-refractivity contribution in [3.63, 3.8) is 0 Å². The highest BCUT2D eigenvalue weighted by Crippen LogP contribution is 2.62. The third kappa shape index (κ3) is 2.31. The summed E-state index contributed by atoms with van der Waals surface area (Å²) in [6.45, 7) is 0. The predicted molar refractivity (Wildman–Crippen MR) is 81.4 cm³/mol. The maximum absolute atomic E-state index is 12.5. The smallest absolute Gasteiger partial charge is 0.311 e. The number of hydrogen-bond acceptors (Lipinski definition) is 5. The van der Waals surface area contributed by atoms with Crippen molar-refractivity contribution in [2.24, 2.45) is 17.3 Å². The lowest BCUT2D eigenvalue weighted by Crippen LogP contribution is -2.65. The van der Waals surface area contributed by atoms with Crippen LogP contribution in [0.4, 0.5) is 0 Å². The lowest BCUT2D eigenvalue weighted by atomic mass is 9.47. The fourth-order valence-corrected chi connectivity index (χ4v) is 5.59. The van der Waals surface area contributed by atoms with Crippen LogP contribution in [-0.4, -0.2) is 34.5 Å². The molecule has 6 heteroatoms. The summed E-state index contributed by atoms with van der Waals surface area (Å²) in [4.78, 5) is 33.0. The molecule has 0 spiro atoms. The van der Waals surface area contributed by atoms with Gasteiger partial charge in [-0.1, -0.05) is 0 Å². The van der Waals surface area contributed by atoms with E-state index in [4.69, 9.17) is 4.74 Å². The van der Waals surface area contributed by atoms with Gasteiger partial charge < -0.3 is 10.1 Å². The molecule has 122 valence electrons. The summed E-state index contributed by atoms with van der Waals surface area (Å²) in [6, 6.07) is 0. The minimum Gasteiger partial charge on any atom is -0.469 e. The highest BCUT2D eigenvalue weighted by atomic mass is 16.5. The van der Waals surface area contributed by atoms with Gasteiger partial charge in [0, 0.05) is 17.9 Å². The van der Waals surface area contributed by atoms with Crippen molar-refractivity contribution >= 4 is 11.9 Å². The van der Waals surface area contributed by atoms with Crippen LogP contribution in [0.15, 0.2) is 18.6 Å². The first kappa shape index (κ1) is 14.6. The molecular formula is C17H21N3O3. The Kier molecular flexibility index (Phi) is 3.18. The molecule has 1 N–H and O–H groups in total. The van der Waals surface area contributed by atoms with E-state index in [1.807, 2.05) is 0 Å². The molecule has 0 saturated heterocycles. The molecule has 4 saturated carbocycles. The fraction of sp³-hybridized carbons (Fsp3) is 0.647. The highest BCUT2D eigenvalue weighted by molar-refractivity contribution is 5.92. The zero-order chi connectivity index (χ0) is 16.1. The minimum atomic E-state index is -0.408. The Labute approximate surface area is 135 Å². The summed E-state index contributed by atoms with van der Waals surface area (Å²) in [6.07, 6.45) is 10.1. The Morgan fingerprint density at radius 2 is 1.96 bits per heavy atom. The molecule has 4 bridgehead atoms. The van der Waals surface area contributed by atoms with E-state index in [2.05, 4.69) is 15.3 Å². The van der Waals surface area contributed by atoms with Crippen molar-refractivity contribution in [3.05, 3.63) is 24.3 Å². The van der Waals surface area contributed by atoms with Gasteiger partial charge in [0.2, 0.25) is 0 Å². The van der Waals surface area contributed by atoms with Gasteiger partial charge in [0.1, 0.15) is 5.69 Å². The third-order valence-electron chi connectivity index (χ3n) is 5.85. The van der Waals surface area contributed by atoms with E-state index in [-0.39, 0.29) is 17.4 Å². The van der Waals surface area contributed by atoms with E-state index in [1.54, 1.807) is 6.20 Å². The SMILES string of the molecule is COC(=O)C12C[C@@H]3C[C@@H](CC(NC(=O)c4cnccn4)(C3)C1)C2. The second kappa shape index (κ2) is 5.01. The first-order valence-electron chi connectivity index (χ1n) is 8.21. The molecule has 23 heavy (non-hydrogen) atoms. The number of nitrogens with zero attached hydrogens (tertiary/aromatic N) is 2. The Morgan fingerprint density at radius 1 is 1.22 bits per heavy atom. The molecule has 1 heterocycles. The van der Waals surface area contributed by atoms with Crippen LogP contribution in [0.25, 0.3) is 0 Å². The van der Waals surface area contributed by atoms with Crippen molar-refractivity contribution < 1.29 is 14.3 Å². The van der Waals surface area contributed by atoms with Crippen molar-refractivity contribution in [2.75, 3.05) is 7.11 Å². The van der Waals surface area contributed by atoms with Crippen LogP contribution >= 0.6 is 0 Å². The van der Waals surface area contributed by atoms with E-state index in [0.29, 0.717) is 24.0 Å². The summed E-state index contributed by atoms with van der Waals surface area (Å²) in [5.74, 6) is 0.694. The summed E-state index contributed by atoms with van der Waals surface area (Å²) in [5, 5.41) is 3.20. The average molecular weight is 315 g/mol. The molecule has 6 nitrogen and oxygen atoms in total. The molecule has 0 aliphatic heterocycles. The fourth-order valence-electron chi connectivity index (χ4n) is 5.59. The number of ether oxygens (including phenoxy) is 1.